The molecule has 18 heavy (non-hydrogen) atoms. The van der Waals surface area contributed by atoms with Gasteiger partial charge in [-0.3, -0.25) is 0 Å². The summed E-state index contributed by atoms with van der Waals surface area (Å²) in [5, 5.41) is 12.9. The van der Waals surface area contributed by atoms with Gasteiger partial charge in [-0.25, -0.2) is 0 Å². The zero-order chi connectivity index (χ0) is 12.8. The van der Waals surface area contributed by atoms with E-state index in [1.165, 1.54) is 0 Å². The van der Waals surface area contributed by atoms with E-state index >= 15 is 0 Å². The summed E-state index contributed by atoms with van der Waals surface area (Å²) in [4.78, 5) is 4.47. The number of hydrogen-bond acceptors (Lipinski definition) is 4. The monoisotopic (exact) mass is 239 g/mol. The predicted octanol–water partition coefficient (Wildman–Crippen LogP) is 2.97. The van der Waals surface area contributed by atoms with Gasteiger partial charge in [-0.2, -0.15) is 10.2 Å². The molecule has 0 atom stereocenters. The van der Waals surface area contributed by atoms with Crippen molar-refractivity contribution >= 4 is 0 Å². The molecule has 1 aliphatic rings. The van der Waals surface area contributed by atoms with Crippen LogP contribution in [0.3, 0.4) is 0 Å². The third kappa shape index (κ3) is 1.68. The molecule has 3 rings (SSSR count). The van der Waals surface area contributed by atoms with E-state index in [2.05, 4.69) is 23.1 Å². The van der Waals surface area contributed by atoms with Gasteiger partial charge in [-0.05, 0) is 43.5 Å². The highest BCUT2D eigenvalue weighted by Gasteiger charge is 2.43. The van der Waals surface area contributed by atoms with E-state index in [0.717, 1.165) is 29.8 Å². The van der Waals surface area contributed by atoms with Gasteiger partial charge in [0.2, 0.25) is 0 Å². The van der Waals surface area contributed by atoms with Crippen LogP contribution in [0.15, 0.2) is 22.7 Å². The van der Waals surface area contributed by atoms with Crippen LogP contribution in [0.2, 0.25) is 0 Å². The molecular weight excluding hydrogens is 226 g/mol. The molecule has 1 aromatic carbocycles. The average Bonchev–Trinajstić information content (AvgIpc) is 2.93. The number of rotatable bonds is 2. The van der Waals surface area contributed by atoms with Crippen LogP contribution >= 0.6 is 0 Å². The van der Waals surface area contributed by atoms with Gasteiger partial charge in [-0.15, -0.1) is 0 Å². The first-order chi connectivity index (χ1) is 8.62. The first kappa shape index (κ1) is 11.0. The van der Waals surface area contributed by atoms with Crippen LogP contribution < -0.4 is 0 Å². The lowest BCUT2D eigenvalue weighted by Crippen LogP contribution is -2.01. The molecule has 0 bridgehead atoms. The van der Waals surface area contributed by atoms with E-state index in [1.54, 1.807) is 6.07 Å². The number of benzene rings is 1. The Bertz CT molecular complexity index is 647. The molecule has 0 unspecified atom stereocenters. The molecule has 0 spiro atoms. The molecule has 0 radical (unpaired) electrons. The smallest absolute Gasteiger partial charge is 0.258 e. The lowest BCUT2D eigenvalue weighted by atomic mass is 10.1. The SMILES string of the molecule is Cc1cc(C#N)ccc1-c1nc(C2(C)CC2)no1. The van der Waals surface area contributed by atoms with Gasteiger partial charge in [0.05, 0.1) is 11.6 Å². The van der Waals surface area contributed by atoms with Crippen LogP contribution in [0.5, 0.6) is 0 Å². The molecule has 1 aliphatic carbocycles. The maximum absolute atomic E-state index is 8.84. The topological polar surface area (TPSA) is 62.7 Å². The lowest BCUT2D eigenvalue weighted by Gasteiger charge is -2.00. The third-order valence-electron chi connectivity index (χ3n) is 3.55. The summed E-state index contributed by atoms with van der Waals surface area (Å²) in [6.45, 7) is 4.09. The van der Waals surface area contributed by atoms with Crippen LogP contribution in [0.4, 0.5) is 0 Å². The van der Waals surface area contributed by atoms with Crippen molar-refractivity contribution in [3.05, 3.63) is 35.2 Å². The minimum atomic E-state index is 0.113. The Morgan fingerprint density at radius 2 is 2.17 bits per heavy atom. The number of nitrogens with zero attached hydrogens (tertiary/aromatic N) is 3. The predicted molar refractivity (Wildman–Crippen MR) is 65.8 cm³/mol. The van der Waals surface area contributed by atoms with E-state index in [9.17, 15) is 0 Å². The molecule has 1 fully saturated rings. The molecule has 0 saturated heterocycles. The van der Waals surface area contributed by atoms with Gasteiger partial charge in [-0.1, -0.05) is 12.1 Å². The molecule has 1 aromatic heterocycles. The second-order valence-electron chi connectivity index (χ2n) is 5.13. The Kier molecular flexibility index (Phi) is 2.24. The standard InChI is InChI=1S/C14H13N3O/c1-9-7-10(8-15)3-4-11(9)12-16-13(17-18-12)14(2)5-6-14/h3-4,7H,5-6H2,1-2H3. The molecule has 90 valence electrons. The molecule has 1 saturated carbocycles. The van der Waals surface area contributed by atoms with E-state index in [0.29, 0.717) is 11.5 Å². The second kappa shape index (κ2) is 3.67. The van der Waals surface area contributed by atoms with E-state index in [4.69, 9.17) is 9.78 Å². The number of aromatic nitrogens is 2. The van der Waals surface area contributed by atoms with Gasteiger partial charge in [0.25, 0.3) is 5.89 Å². The molecule has 4 heteroatoms. The zero-order valence-electron chi connectivity index (χ0n) is 10.4. The average molecular weight is 239 g/mol. The largest absolute Gasteiger partial charge is 0.334 e. The highest BCUT2D eigenvalue weighted by molar-refractivity contribution is 5.60. The van der Waals surface area contributed by atoms with Crippen molar-refractivity contribution < 1.29 is 4.52 Å². The van der Waals surface area contributed by atoms with Crippen molar-refractivity contribution in [2.24, 2.45) is 0 Å². The Hall–Kier alpha value is -2.15. The van der Waals surface area contributed by atoms with Gasteiger partial charge in [0.1, 0.15) is 0 Å². The normalized spacial score (nSPS) is 16.3. The summed E-state index contributed by atoms with van der Waals surface area (Å²) in [6.07, 6.45) is 2.25. The molecule has 1 heterocycles. The maximum Gasteiger partial charge on any atom is 0.258 e. The molecule has 0 amide bonds. The maximum atomic E-state index is 8.84. The first-order valence-electron chi connectivity index (χ1n) is 5.98. The van der Waals surface area contributed by atoms with Crippen LogP contribution in [0.1, 0.15) is 36.7 Å². The van der Waals surface area contributed by atoms with Crippen molar-refractivity contribution in [3.8, 4) is 17.5 Å². The second-order valence-corrected chi connectivity index (χ2v) is 5.13. The Balaban J connectivity index is 2.00. The van der Waals surface area contributed by atoms with Crippen LogP contribution in [-0.4, -0.2) is 10.1 Å². The van der Waals surface area contributed by atoms with Crippen LogP contribution in [-0.2, 0) is 5.41 Å². The van der Waals surface area contributed by atoms with Crippen LogP contribution in [0, 0.1) is 18.3 Å². The number of aryl methyl sites for hydroxylation is 1. The Morgan fingerprint density at radius 1 is 1.39 bits per heavy atom. The summed E-state index contributed by atoms with van der Waals surface area (Å²) >= 11 is 0. The Morgan fingerprint density at radius 3 is 2.78 bits per heavy atom. The van der Waals surface area contributed by atoms with Gasteiger partial charge in [0.15, 0.2) is 5.82 Å². The van der Waals surface area contributed by atoms with E-state index in [1.807, 2.05) is 19.1 Å². The van der Waals surface area contributed by atoms with Crippen molar-refractivity contribution in [1.82, 2.24) is 10.1 Å². The van der Waals surface area contributed by atoms with Gasteiger partial charge in [0, 0.05) is 11.0 Å². The molecule has 2 aromatic rings. The summed E-state index contributed by atoms with van der Waals surface area (Å²) in [5.74, 6) is 1.33. The van der Waals surface area contributed by atoms with Gasteiger partial charge >= 0.3 is 0 Å². The van der Waals surface area contributed by atoms with Crippen molar-refractivity contribution in [2.45, 2.75) is 32.1 Å². The fraction of sp³-hybridized carbons (Fsp3) is 0.357. The number of nitriles is 1. The summed E-state index contributed by atoms with van der Waals surface area (Å²) in [7, 11) is 0. The molecular formula is C14H13N3O. The Labute approximate surface area is 105 Å². The fourth-order valence-corrected chi connectivity index (χ4v) is 1.96. The first-order valence-corrected chi connectivity index (χ1v) is 5.98. The van der Waals surface area contributed by atoms with Crippen molar-refractivity contribution in [1.29, 1.82) is 5.26 Å². The fourth-order valence-electron chi connectivity index (χ4n) is 1.96. The summed E-state index contributed by atoms with van der Waals surface area (Å²) < 4.78 is 5.33. The summed E-state index contributed by atoms with van der Waals surface area (Å²) in [5.41, 5.74) is 2.63. The molecule has 4 nitrogen and oxygen atoms in total. The quantitative estimate of drug-likeness (QED) is 0.808. The minimum Gasteiger partial charge on any atom is -0.334 e. The summed E-state index contributed by atoms with van der Waals surface area (Å²) in [6, 6.07) is 7.58. The molecule has 0 N–H and O–H groups in total. The molecule has 0 aliphatic heterocycles. The van der Waals surface area contributed by atoms with E-state index in [-0.39, 0.29) is 5.41 Å². The van der Waals surface area contributed by atoms with Crippen LogP contribution in [0.25, 0.3) is 11.5 Å². The number of hydrogen-bond donors (Lipinski definition) is 0. The van der Waals surface area contributed by atoms with Gasteiger partial charge < -0.3 is 4.52 Å². The lowest BCUT2D eigenvalue weighted by molar-refractivity contribution is 0.415. The third-order valence-corrected chi connectivity index (χ3v) is 3.55. The minimum absolute atomic E-state index is 0.113. The zero-order valence-corrected chi connectivity index (χ0v) is 10.4. The van der Waals surface area contributed by atoms with Crippen molar-refractivity contribution in [3.63, 3.8) is 0 Å². The van der Waals surface area contributed by atoms with E-state index < -0.39 is 0 Å². The highest BCUT2D eigenvalue weighted by Crippen LogP contribution is 2.46. The van der Waals surface area contributed by atoms with Crippen molar-refractivity contribution in [2.75, 3.05) is 0 Å². The highest BCUT2D eigenvalue weighted by atomic mass is 16.5.